The molecule has 2 heterocycles. The summed E-state index contributed by atoms with van der Waals surface area (Å²) in [6.07, 6.45) is 0. The number of carbonyl (C=O) groups is 2. The second-order valence-electron chi connectivity index (χ2n) is 9.27. The number of carbonyl (C=O) groups excluding carboxylic acids is 2. The average molecular weight is 557 g/mol. The second-order valence-corrected chi connectivity index (χ2v) is 10.3. The van der Waals surface area contributed by atoms with Crippen molar-refractivity contribution in [3.63, 3.8) is 0 Å². The van der Waals surface area contributed by atoms with Crippen LogP contribution in [0.1, 0.15) is 32.5 Å². The van der Waals surface area contributed by atoms with Crippen LogP contribution >= 0.6 is 11.3 Å². The number of hydrogen-bond acceptors (Lipinski definition) is 8. The molecule has 4 aromatic rings. The number of Topliss-reactive ketones (excluding diaryl/α,β-unsaturated/α-hetero) is 1. The van der Waals surface area contributed by atoms with Crippen LogP contribution in [0.15, 0.2) is 78.1 Å². The number of methoxy groups -OCH3 is 3. The topological polar surface area (TPSA) is 98.2 Å². The van der Waals surface area contributed by atoms with Gasteiger partial charge in [-0.15, -0.1) is 11.3 Å². The maximum Gasteiger partial charge on any atom is 0.294 e. The number of aromatic nitrogens is 1. The molecule has 0 fully saturated rings. The SMILES string of the molecule is COc1cc(C2C(C(=O)c3sc(-c4ccccc4)nc3C)=C(O)C(=O)N2c2cccc(C)c2)cc(OC)c1OC. The third kappa shape index (κ3) is 4.58. The van der Waals surface area contributed by atoms with Crippen molar-refractivity contribution in [3.05, 3.63) is 99.8 Å². The van der Waals surface area contributed by atoms with Crippen molar-refractivity contribution in [1.29, 1.82) is 0 Å². The lowest BCUT2D eigenvalue weighted by atomic mass is 9.94. The molecule has 1 unspecified atom stereocenters. The lowest BCUT2D eigenvalue weighted by molar-refractivity contribution is -0.117. The van der Waals surface area contributed by atoms with Gasteiger partial charge in [0, 0.05) is 11.3 Å². The van der Waals surface area contributed by atoms with Gasteiger partial charge in [-0.3, -0.25) is 14.5 Å². The molecule has 8 nitrogen and oxygen atoms in total. The minimum absolute atomic E-state index is 0.0489. The number of nitrogens with zero attached hydrogens (tertiary/aromatic N) is 2. The Hall–Kier alpha value is -4.63. The Bertz CT molecular complexity index is 1620. The highest BCUT2D eigenvalue weighted by Crippen LogP contribution is 2.47. The molecule has 0 bridgehead atoms. The first-order valence-corrected chi connectivity index (χ1v) is 13.3. The molecule has 0 saturated carbocycles. The van der Waals surface area contributed by atoms with Gasteiger partial charge < -0.3 is 19.3 Å². The van der Waals surface area contributed by atoms with Crippen molar-refractivity contribution in [2.45, 2.75) is 19.9 Å². The van der Waals surface area contributed by atoms with Gasteiger partial charge in [0.15, 0.2) is 17.3 Å². The van der Waals surface area contributed by atoms with Gasteiger partial charge in [-0.05, 0) is 49.2 Å². The van der Waals surface area contributed by atoms with Gasteiger partial charge >= 0.3 is 0 Å². The molecular formula is C31H28N2O6S. The first-order valence-electron chi connectivity index (χ1n) is 12.5. The van der Waals surface area contributed by atoms with E-state index in [1.807, 2.05) is 55.5 Å². The number of aryl methyl sites for hydroxylation is 2. The summed E-state index contributed by atoms with van der Waals surface area (Å²) in [4.78, 5) is 34.3. The number of aliphatic hydroxyl groups is 1. The predicted octanol–water partition coefficient (Wildman–Crippen LogP) is 6.24. The zero-order valence-corrected chi connectivity index (χ0v) is 23.5. The standard InChI is InChI=1S/C31H28N2O6S/c1-17-10-9-13-21(14-17)33-25(20-15-22(37-3)28(39-5)23(16-20)38-4)24(27(35)31(33)36)26(34)29-18(2)32-30(40-29)19-11-7-6-8-12-19/h6-16,25,35H,1-5H3. The van der Waals surface area contributed by atoms with Crippen LogP contribution in [0.25, 0.3) is 10.6 Å². The van der Waals surface area contributed by atoms with Gasteiger partial charge in [-0.2, -0.15) is 0 Å². The molecule has 0 radical (unpaired) electrons. The summed E-state index contributed by atoms with van der Waals surface area (Å²) in [7, 11) is 4.48. The lowest BCUT2D eigenvalue weighted by Crippen LogP contribution is -2.31. The smallest absolute Gasteiger partial charge is 0.294 e. The first-order chi connectivity index (χ1) is 19.3. The highest BCUT2D eigenvalue weighted by atomic mass is 32.1. The van der Waals surface area contributed by atoms with Crippen molar-refractivity contribution < 1.29 is 28.9 Å². The van der Waals surface area contributed by atoms with Crippen LogP contribution in [0.2, 0.25) is 0 Å². The molecule has 1 atom stereocenters. The van der Waals surface area contributed by atoms with Crippen molar-refractivity contribution in [1.82, 2.24) is 4.98 Å². The molecule has 3 aromatic carbocycles. The molecule has 1 aliphatic rings. The van der Waals surface area contributed by atoms with E-state index in [4.69, 9.17) is 14.2 Å². The van der Waals surface area contributed by atoms with Gasteiger partial charge in [0.05, 0.1) is 43.5 Å². The summed E-state index contributed by atoms with van der Waals surface area (Å²) in [6, 6.07) is 19.3. The van der Waals surface area contributed by atoms with E-state index in [0.29, 0.717) is 44.1 Å². The van der Waals surface area contributed by atoms with Crippen LogP contribution < -0.4 is 19.1 Å². The van der Waals surface area contributed by atoms with E-state index in [1.165, 1.54) is 37.6 Å². The fourth-order valence-electron chi connectivity index (χ4n) is 4.89. The Morgan fingerprint density at radius 2 is 1.60 bits per heavy atom. The number of thiazole rings is 1. The van der Waals surface area contributed by atoms with Gasteiger partial charge in [0.25, 0.3) is 5.91 Å². The minimum atomic E-state index is -0.975. The Balaban J connectivity index is 1.70. The van der Waals surface area contributed by atoms with E-state index >= 15 is 0 Å². The normalized spacial score (nSPS) is 15.0. The molecule has 0 aliphatic carbocycles. The monoisotopic (exact) mass is 556 g/mol. The maximum absolute atomic E-state index is 14.2. The second kappa shape index (κ2) is 10.9. The third-order valence-electron chi connectivity index (χ3n) is 6.76. The van der Waals surface area contributed by atoms with Crippen LogP contribution in [-0.4, -0.2) is 43.1 Å². The molecule has 1 aliphatic heterocycles. The van der Waals surface area contributed by atoms with Crippen molar-refractivity contribution in [2.24, 2.45) is 0 Å². The Morgan fingerprint density at radius 3 is 2.20 bits per heavy atom. The Labute approximate surface area is 236 Å². The zero-order chi connectivity index (χ0) is 28.6. The molecule has 0 spiro atoms. The molecule has 1 aromatic heterocycles. The number of ketones is 1. The van der Waals surface area contributed by atoms with E-state index in [9.17, 15) is 14.7 Å². The summed E-state index contributed by atoms with van der Waals surface area (Å²) < 4.78 is 16.6. The lowest BCUT2D eigenvalue weighted by Gasteiger charge is -2.28. The Morgan fingerprint density at radius 1 is 0.925 bits per heavy atom. The van der Waals surface area contributed by atoms with E-state index in [2.05, 4.69) is 4.98 Å². The van der Waals surface area contributed by atoms with E-state index in [0.717, 1.165) is 11.1 Å². The highest BCUT2D eigenvalue weighted by molar-refractivity contribution is 7.17. The summed E-state index contributed by atoms with van der Waals surface area (Å²) >= 11 is 1.22. The van der Waals surface area contributed by atoms with E-state index in [-0.39, 0.29) is 5.57 Å². The molecule has 1 N–H and O–H groups in total. The number of anilines is 1. The molecule has 1 amide bonds. The minimum Gasteiger partial charge on any atom is -0.503 e. The Kier molecular flexibility index (Phi) is 7.32. The molecule has 40 heavy (non-hydrogen) atoms. The fraction of sp³-hybridized carbons (Fsp3) is 0.194. The number of hydrogen-bond donors (Lipinski definition) is 1. The number of amides is 1. The largest absolute Gasteiger partial charge is 0.503 e. The van der Waals surface area contributed by atoms with Crippen LogP contribution in [0.5, 0.6) is 17.2 Å². The quantitative estimate of drug-likeness (QED) is 0.257. The van der Waals surface area contributed by atoms with Crippen molar-refractivity contribution in [2.75, 3.05) is 26.2 Å². The summed E-state index contributed by atoms with van der Waals surface area (Å²) in [6.45, 7) is 3.65. The number of benzene rings is 3. The van der Waals surface area contributed by atoms with Crippen LogP contribution in [0, 0.1) is 13.8 Å². The number of ether oxygens (including phenoxy) is 3. The molecule has 204 valence electrons. The third-order valence-corrected chi connectivity index (χ3v) is 7.96. The molecule has 9 heteroatoms. The van der Waals surface area contributed by atoms with E-state index in [1.54, 1.807) is 25.1 Å². The summed E-state index contributed by atoms with van der Waals surface area (Å²) in [5.74, 6) is -0.694. The number of rotatable bonds is 8. The molecule has 5 rings (SSSR count). The van der Waals surface area contributed by atoms with Crippen molar-refractivity contribution in [3.8, 4) is 27.8 Å². The number of aliphatic hydroxyl groups excluding tert-OH is 1. The van der Waals surface area contributed by atoms with Crippen molar-refractivity contribution >= 4 is 28.7 Å². The zero-order valence-electron chi connectivity index (χ0n) is 22.7. The van der Waals surface area contributed by atoms with Gasteiger partial charge in [0.2, 0.25) is 11.5 Å². The van der Waals surface area contributed by atoms with Crippen LogP contribution in [-0.2, 0) is 4.79 Å². The van der Waals surface area contributed by atoms with Crippen LogP contribution in [0.3, 0.4) is 0 Å². The van der Waals surface area contributed by atoms with Gasteiger partial charge in [0.1, 0.15) is 5.01 Å². The van der Waals surface area contributed by atoms with Crippen LogP contribution in [0.4, 0.5) is 5.69 Å². The average Bonchev–Trinajstić information content (AvgIpc) is 3.49. The summed E-state index contributed by atoms with van der Waals surface area (Å²) in [5, 5.41) is 11.9. The maximum atomic E-state index is 14.2. The van der Waals surface area contributed by atoms with E-state index < -0.39 is 23.5 Å². The van der Waals surface area contributed by atoms with Gasteiger partial charge in [-0.25, -0.2) is 4.98 Å². The highest BCUT2D eigenvalue weighted by Gasteiger charge is 2.46. The molecular weight excluding hydrogens is 528 g/mol. The first kappa shape index (κ1) is 27.0. The summed E-state index contributed by atoms with van der Waals surface area (Å²) in [5.41, 5.74) is 3.29. The molecule has 0 saturated heterocycles. The van der Waals surface area contributed by atoms with Gasteiger partial charge in [-0.1, -0.05) is 42.5 Å². The fourth-order valence-corrected chi connectivity index (χ4v) is 5.92. The predicted molar refractivity (Wildman–Crippen MR) is 154 cm³/mol.